The maximum Gasteiger partial charge on any atom is 0.0423 e. The molecule has 0 aromatic heterocycles. The van der Waals surface area contributed by atoms with Gasteiger partial charge in [0.1, 0.15) is 0 Å². The third-order valence-corrected chi connectivity index (χ3v) is 4.54. The zero-order valence-electron chi connectivity index (χ0n) is 12.1. The molecule has 106 valence electrons. The van der Waals surface area contributed by atoms with E-state index in [0.717, 1.165) is 11.0 Å². The molecular weight excluding hydrogens is 302 g/mol. The number of anilines is 1. The van der Waals surface area contributed by atoms with E-state index in [0.29, 0.717) is 6.04 Å². The van der Waals surface area contributed by atoms with E-state index in [1.807, 2.05) is 6.92 Å². The van der Waals surface area contributed by atoms with Gasteiger partial charge in [0.2, 0.25) is 0 Å². The standard InChI is InChI=1S/C15H24BrN3/c1-11(17)14-7-6-12(16)9-15(14)19(3)10-13-5-4-8-18(13)2/h6-7,9,11,13H,4-5,8,10,17H2,1-3H3. The van der Waals surface area contributed by atoms with E-state index in [1.54, 1.807) is 0 Å². The van der Waals surface area contributed by atoms with E-state index in [-0.39, 0.29) is 6.04 Å². The first kappa shape index (κ1) is 14.8. The van der Waals surface area contributed by atoms with Crippen molar-refractivity contribution in [2.75, 3.05) is 32.1 Å². The van der Waals surface area contributed by atoms with Crippen molar-refractivity contribution < 1.29 is 0 Å². The van der Waals surface area contributed by atoms with Gasteiger partial charge in [-0.25, -0.2) is 0 Å². The minimum absolute atomic E-state index is 0.0619. The van der Waals surface area contributed by atoms with Gasteiger partial charge in [-0.1, -0.05) is 22.0 Å². The number of likely N-dealkylation sites (N-methyl/N-ethyl adjacent to an activating group) is 2. The Kier molecular flexibility index (Phi) is 4.87. The molecule has 2 atom stereocenters. The summed E-state index contributed by atoms with van der Waals surface area (Å²) in [7, 11) is 4.39. The van der Waals surface area contributed by atoms with E-state index in [1.165, 1.54) is 30.6 Å². The van der Waals surface area contributed by atoms with Gasteiger partial charge in [-0.2, -0.15) is 0 Å². The van der Waals surface area contributed by atoms with Gasteiger partial charge >= 0.3 is 0 Å². The van der Waals surface area contributed by atoms with Gasteiger partial charge in [0.05, 0.1) is 0 Å². The predicted octanol–water partition coefficient (Wildman–Crippen LogP) is 3.00. The Morgan fingerprint density at radius 3 is 2.84 bits per heavy atom. The van der Waals surface area contributed by atoms with Crippen molar-refractivity contribution in [3.63, 3.8) is 0 Å². The van der Waals surface area contributed by atoms with Crippen LogP contribution in [-0.4, -0.2) is 38.1 Å². The van der Waals surface area contributed by atoms with Crippen molar-refractivity contribution in [1.82, 2.24) is 4.90 Å². The normalized spacial score (nSPS) is 21.6. The lowest BCUT2D eigenvalue weighted by molar-refractivity contribution is 0.314. The Labute approximate surface area is 124 Å². The molecule has 1 aromatic carbocycles. The average molecular weight is 326 g/mol. The topological polar surface area (TPSA) is 32.5 Å². The van der Waals surface area contributed by atoms with Crippen LogP contribution in [0.15, 0.2) is 22.7 Å². The quantitative estimate of drug-likeness (QED) is 0.923. The molecule has 0 aliphatic carbocycles. The number of nitrogens with zero attached hydrogens (tertiary/aromatic N) is 2. The van der Waals surface area contributed by atoms with Gasteiger partial charge in [0, 0.05) is 35.8 Å². The molecule has 0 radical (unpaired) electrons. The number of likely N-dealkylation sites (tertiary alicyclic amines) is 1. The Hall–Kier alpha value is -0.580. The molecule has 0 amide bonds. The van der Waals surface area contributed by atoms with Crippen LogP contribution < -0.4 is 10.6 Å². The lowest BCUT2D eigenvalue weighted by Gasteiger charge is -2.29. The lowest BCUT2D eigenvalue weighted by atomic mass is 10.1. The highest BCUT2D eigenvalue weighted by molar-refractivity contribution is 9.10. The lowest BCUT2D eigenvalue weighted by Crippen LogP contribution is -2.37. The number of halogens is 1. The van der Waals surface area contributed by atoms with Crippen LogP contribution >= 0.6 is 15.9 Å². The van der Waals surface area contributed by atoms with Gasteiger partial charge in [0.15, 0.2) is 0 Å². The van der Waals surface area contributed by atoms with Gasteiger partial charge < -0.3 is 15.5 Å². The SMILES string of the molecule is CC(N)c1ccc(Br)cc1N(C)CC1CCCN1C. The van der Waals surface area contributed by atoms with Gasteiger partial charge in [-0.05, 0) is 51.1 Å². The highest BCUT2D eigenvalue weighted by Gasteiger charge is 2.23. The zero-order valence-corrected chi connectivity index (χ0v) is 13.7. The smallest absolute Gasteiger partial charge is 0.0423 e. The average Bonchev–Trinajstić information content (AvgIpc) is 2.74. The molecule has 3 nitrogen and oxygen atoms in total. The Bertz CT molecular complexity index is 433. The number of nitrogens with two attached hydrogens (primary N) is 1. The summed E-state index contributed by atoms with van der Waals surface area (Å²) in [5.74, 6) is 0. The summed E-state index contributed by atoms with van der Waals surface area (Å²) >= 11 is 3.56. The van der Waals surface area contributed by atoms with Crippen molar-refractivity contribution in [3.05, 3.63) is 28.2 Å². The van der Waals surface area contributed by atoms with Crippen LogP contribution in [0.1, 0.15) is 31.4 Å². The molecule has 0 spiro atoms. The molecule has 1 fully saturated rings. The minimum atomic E-state index is 0.0619. The summed E-state index contributed by atoms with van der Waals surface area (Å²) in [4.78, 5) is 4.80. The molecule has 4 heteroatoms. The summed E-state index contributed by atoms with van der Waals surface area (Å²) in [6.45, 7) is 4.33. The van der Waals surface area contributed by atoms with Crippen molar-refractivity contribution >= 4 is 21.6 Å². The molecule has 1 heterocycles. The monoisotopic (exact) mass is 325 g/mol. The first-order valence-electron chi connectivity index (χ1n) is 6.95. The molecule has 0 bridgehead atoms. The van der Waals surface area contributed by atoms with Crippen molar-refractivity contribution in [2.45, 2.75) is 31.8 Å². The maximum absolute atomic E-state index is 6.09. The van der Waals surface area contributed by atoms with Crippen LogP contribution in [0.25, 0.3) is 0 Å². The summed E-state index contributed by atoms with van der Waals surface area (Å²) in [5, 5.41) is 0. The Morgan fingerprint density at radius 1 is 1.53 bits per heavy atom. The predicted molar refractivity (Wildman–Crippen MR) is 85.7 cm³/mol. The van der Waals surface area contributed by atoms with Crippen molar-refractivity contribution in [2.24, 2.45) is 5.73 Å². The van der Waals surface area contributed by atoms with Crippen LogP contribution in [0.2, 0.25) is 0 Å². The second-order valence-electron chi connectivity index (χ2n) is 5.65. The second-order valence-corrected chi connectivity index (χ2v) is 6.56. The number of rotatable bonds is 4. The third-order valence-electron chi connectivity index (χ3n) is 4.05. The first-order chi connectivity index (χ1) is 8.99. The van der Waals surface area contributed by atoms with Crippen molar-refractivity contribution in [3.8, 4) is 0 Å². The van der Waals surface area contributed by atoms with Crippen LogP contribution in [0.4, 0.5) is 5.69 Å². The minimum Gasteiger partial charge on any atom is -0.373 e. The fourth-order valence-electron chi connectivity index (χ4n) is 2.86. The Morgan fingerprint density at radius 2 is 2.26 bits per heavy atom. The van der Waals surface area contributed by atoms with Gasteiger partial charge in [-0.3, -0.25) is 0 Å². The maximum atomic E-state index is 6.09. The van der Waals surface area contributed by atoms with Gasteiger partial charge in [-0.15, -0.1) is 0 Å². The molecule has 1 saturated heterocycles. The van der Waals surface area contributed by atoms with E-state index >= 15 is 0 Å². The Balaban J connectivity index is 2.17. The van der Waals surface area contributed by atoms with Gasteiger partial charge in [0.25, 0.3) is 0 Å². The zero-order chi connectivity index (χ0) is 14.0. The number of hydrogen-bond acceptors (Lipinski definition) is 3. The first-order valence-corrected chi connectivity index (χ1v) is 7.74. The molecule has 2 N–H and O–H groups in total. The van der Waals surface area contributed by atoms with E-state index in [2.05, 4.69) is 58.0 Å². The highest BCUT2D eigenvalue weighted by atomic mass is 79.9. The number of benzene rings is 1. The van der Waals surface area contributed by atoms with E-state index in [4.69, 9.17) is 5.73 Å². The molecule has 0 saturated carbocycles. The summed E-state index contributed by atoms with van der Waals surface area (Å²) in [5.41, 5.74) is 8.54. The summed E-state index contributed by atoms with van der Waals surface area (Å²) < 4.78 is 1.11. The molecule has 1 aromatic rings. The largest absolute Gasteiger partial charge is 0.373 e. The molecule has 2 rings (SSSR count). The fraction of sp³-hybridized carbons (Fsp3) is 0.600. The second kappa shape index (κ2) is 6.25. The summed E-state index contributed by atoms with van der Waals surface area (Å²) in [6.07, 6.45) is 2.61. The molecule has 1 aliphatic rings. The molecular formula is C15H24BrN3. The van der Waals surface area contributed by atoms with Crippen LogP contribution in [-0.2, 0) is 0 Å². The van der Waals surface area contributed by atoms with Crippen molar-refractivity contribution in [1.29, 1.82) is 0 Å². The van der Waals surface area contributed by atoms with Crippen LogP contribution in [0.3, 0.4) is 0 Å². The van der Waals surface area contributed by atoms with Crippen LogP contribution in [0.5, 0.6) is 0 Å². The van der Waals surface area contributed by atoms with E-state index < -0.39 is 0 Å². The summed E-state index contributed by atoms with van der Waals surface area (Å²) in [6, 6.07) is 7.08. The number of hydrogen-bond donors (Lipinski definition) is 1. The van der Waals surface area contributed by atoms with Crippen LogP contribution in [0, 0.1) is 0 Å². The van der Waals surface area contributed by atoms with E-state index in [9.17, 15) is 0 Å². The third kappa shape index (κ3) is 3.50. The fourth-order valence-corrected chi connectivity index (χ4v) is 3.21. The molecule has 19 heavy (non-hydrogen) atoms. The highest BCUT2D eigenvalue weighted by Crippen LogP contribution is 2.29. The molecule has 1 aliphatic heterocycles. The molecule has 2 unspecified atom stereocenters.